The molecule has 0 N–H and O–H groups in total. The van der Waals surface area contributed by atoms with Gasteiger partial charge in [0, 0.05) is 28.9 Å². The first-order chi connectivity index (χ1) is 13.2. The van der Waals surface area contributed by atoms with E-state index in [1.54, 1.807) is 30.5 Å². The van der Waals surface area contributed by atoms with E-state index < -0.39 is 4.92 Å². The van der Waals surface area contributed by atoms with Crippen molar-refractivity contribution in [1.29, 1.82) is 0 Å². The minimum absolute atomic E-state index is 0.0282. The fraction of sp³-hybridized carbons (Fsp3) is 0.0500. The Morgan fingerprint density at radius 1 is 0.963 bits per heavy atom. The Hall–Kier alpha value is -3.96. The summed E-state index contributed by atoms with van der Waals surface area (Å²) >= 11 is 0. The summed E-state index contributed by atoms with van der Waals surface area (Å²) < 4.78 is 0. The zero-order chi connectivity index (χ0) is 19.1. The second kappa shape index (κ2) is 8.42. The maximum absolute atomic E-state index is 10.8. The maximum Gasteiger partial charge on any atom is 0.269 e. The summed E-state index contributed by atoms with van der Waals surface area (Å²) in [6, 6.07) is 22.7. The lowest BCUT2D eigenvalue weighted by molar-refractivity contribution is -0.384. The zero-order valence-electron chi connectivity index (χ0n) is 14.2. The number of nitrogens with zero attached hydrogens (tertiary/aromatic N) is 5. The van der Waals surface area contributed by atoms with Gasteiger partial charge in [-0.05, 0) is 34.4 Å². The molecule has 0 amide bonds. The van der Waals surface area contributed by atoms with Crippen molar-refractivity contribution in [3.8, 4) is 0 Å². The van der Waals surface area contributed by atoms with Crippen molar-refractivity contribution in [3.63, 3.8) is 0 Å². The molecule has 0 fully saturated rings. The second-order valence-electron chi connectivity index (χ2n) is 5.69. The zero-order valence-corrected chi connectivity index (χ0v) is 14.2. The Balaban J connectivity index is 2.01. The number of hydrogen-bond acceptors (Lipinski definition) is 4. The molecule has 3 aromatic rings. The third kappa shape index (κ3) is 4.36. The van der Waals surface area contributed by atoms with E-state index in [0.717, 1.165) is 16.7 Å². The average molecular weight is 357 g/mol. The van der Waals surface area contributed by atoms with Gasteiger partial charge in [-0.1, -0.05) is 59.7 Å². The molecule has 1 unspecified atom stereocenters. The summed E-state index contributed by atoms with van der Waals surface area (Å²) in [5.74, 6) is 0. The number of azide groups is 1. The highest BCUT2D eigenvalue weighted by Gasteiger charge is 2.15. The van der Waals surface area contributed by atoms with Crippen LogP contribution >= 0.6 is 0 Å². The molecule has 0 aromatic heterocycles. The van der Waals surface area contributed by atoms with Gasteiger partial charge < -0.3 is 0 Å². The lowest BCUT2D eigenvalue weighted by atomic mass is 9.98. The van der Waals surface area contributed by atoms with Gasteiger partial charge in [0.1, 0.15) is 6.04 Å². The Labute approximate surface area is 155 Å². The van der Waals surface area contributed by atoms with Gasteiger partial charge >= 0.3 is 0 Å². The fourth-order valence-electron chi connectivity index (χ4n) is 2.68. The minimum Gasteiger partial charge on any atom is -0.280 e. The molecule has 0 saturated heterocycles. The molecule has 0 heterocycles. The first kappa shape index (κ1) is 17.8. The number of hydrogen-bond donors (Lipinski definition) is 0. The monoisotopic (exact) mass is 357 g/mol. The molecular weight excluding hydrogens is 342 g/mol. The highest BCUT2D eigenvalue weighted by atomic mass is 16.6. The quantitative estimate of drug-likeness (QED) is 0.140. The number of aliphatic imine (C=N–C) groups is 1. The van der Waals surface area contributed by atoms with Crippen LogP contribution in [0.5, 0.6) is 0 Å². The molecule has 0 saturated carbocycles. The first-order valence-corrected chi connectivity index (χ1v) is 8.15. The molecule has 0 aliphatic heterocycles. The molecule has 7 nitrogen and oxygen atoms in total. The van der Waals surface area contributed by atoms with Crippen LogP contribution in [-0.4, -0.2) is 11.1 Å². The Bertz CT molecular complexity index is 1010. The molecule has 0 bridgehead atoms. The Morgan fingerprint density at radius 2 is 1.63 bits per heavy atom. The van der Waals surface area contributed by atoms with Crippen molar-refractivity contribution in [3.05, 3.63) is 116 Å². The first-order valence-electron chi connectivity index (χ1n) is 8.15. The van der Waals surface area contributed by atoms with E-state index in [-0.39, 0.29) is 11.7 Å². The molecule has 27 heavy (non-hydrogen) atoms. The summed E-state index contributed by atoms with van der Waals surface area (Å²) in [7, 11) is 0. The summed E-state index contributed by atoms with van der Waals surface area (Å²) in [5, 5.41) is 14.6. The number of rotatable bonds is 6. The van der Waals surface area contributed by atoms with Crippen molar-refractivity contribution in [2.45, 2.75) is 6.04 Å². The van der Waals surface area contributed by atoms with Crippen molar-refractivity contribution in [1.82, 2.24) is 0 Å². The van der Waals surface area contributed by atoms with Gasteiger partial charge in [-0.2, -0.15) is 0 Å². The lowest BCUT2D eigenvalue weighted by Gasteiger charge is -2.15. The Morgan fingerprint density at radius 3 is 2.30 bits per heavy atom. The van der Waals surface area contributed by atoms with Crippen molar-refractivity contribution < 1.29 is 4.92 Å². The van der Waals surface area contributed by atoms with Crippen LogP contribution in [0, 0.1) is 10.1 Å². The summed E-state index contributed by atoms with van der Waals surface area (Å²) in [6.07, 6.45) is 1.66. The SMILES string of the molecule is [N-]=[N+]=Nc1ccccc1C(N=Cc1ccc([N+](=O)[O-])cc1)c1ccccc1. The van der Waals surface area contributed by atoms with E-state index in [9.17, 15) is 10.1 Å². The molecule has 0 spiro atoms. The molecule has 1 atom stereocenters. The molecule has 3 aromatic carbocycles. The highest BCUT2D eigenvalue weighted by molar-refractivity contribution is 5.80. The van der Waals surface area contributed by atoms with E-state index >= 15 is 0 Å². The van der Waals surface area contributed by atoms with E-state index in [1.165, 1.54) is 12.1 Å². The van der Waals surface area contributed by atoms with Crippen molar-refractivity contribution in [2.75, 3.05) is 0 Å². The molecule has 3 rings (SSSR count). The van der Waals surface area contributed by atoms with Crippen molar-refractivity contribution >= 4 is 17.6 Å². The standard InChI is InChI=1S/C20H15N5O2/c21-24-23-19-9-5-4-8-18(19)20(16-6-2-1-3-7-16)22-14-15-10-12-17(13-11-15)25(26)27/h1-14,20H. The number of benzene rings is 3. The fourth-order valence-corrected chi connectivity index (χ4v) is 2.68. The van der Waals surface area contributed by atoms with Crippen LogP contribution in [0.25, 0.3) is 10.4 Å². The topological polar surface area (TPSA) is 104 Å². The Kier molecular flexibility index (Phi) is 5.57. The largest absolute Gasteiger partial charge is 0.280 e. The second-order valence-corrected chi connectivity index (χ2v) is 5.69. The van der Waals surface area contributed by atoms with Crippen LogP contribution in [0.3, 0.4) is 0 Å². The third-order valence-corrected chi connectivity index (χ3v) is 3.98. The van der Waals surface area contributed by atoms with Crippen molar-refractivity contribution in [2.24, 2.45) is 10.1 Å². The molecule has 0 aliphatic carbocycles. The predicted molar refractivity (Wildman–Crippen MR) is 104 cm³/mol. The lowest BCUT2D eigenvalue weighted by Crippen LogP contribution is -1.99. The van der Waals surface area contributed by atoms with Crippen LogP contribution in [0.2, 0.25) is 0 Å². The molecule has 132 valence electrons. The maximum atomic E-state index is 10.8. The van der Waals surface area contributed by atoms with Gasteiger partial charge in [0.05, 0.1) is 4.92 Å². The smallest absolute Gasteiger partial charge is 0.269 e. The number of nitro benzene ring substituents is 1. The van der Waals surface area contributed by atoms with Crippen LogP contribution < -0.4 is 0 Å². The van der Waals surface area contributed by atoms with Gasteiger partial charge in [-0.3, -0.25) is 15.1 Å². The van der Waals surface area contributed by atoms with E-state index in [0.29, 0.717) is 5.69 Å². The van der Waals surface area contributed by atoms with E-state index in [2.05, 4.69) is 15.0 Å². The van der Waals surface area contributed by atoms with Gasteiger partial charge in [0.2, 0.25) is 0 Å². The molecular formula is C20H15N5O2. The van der Waals surface area contributed by atoms with E-state index in [4.69, 9.17) is 5.53 Å². The highest BCUT2D eigenvalue weighted by Crippen LogP contribution is 2.33. The molecule has 0 aliphatic rings. The van der Waals surface area contributed by atoms with Crippen LogP contribution in [0.1, 0.15) is 22.7 Å². The molecule has 0 radical (unpaired) electrons. The van der Waals surface area contributed by atoms with Gasteiger partial charge in [-0.25, -0.2) is 0 Å². The number of nitro groups is 1. The van der Waals surface area contributed by atoms with Gasteiger partial charge in [0.25, 0.3) is 5.69 Å². The van der Waals surface area contributed by atoms with Crippen LogP contribution in [0.15, 0.2) is 89.0 Å². The van der Waals surface area contributed by atoms with Crippen LogP contribution in [-0.2, 0) is 0 Å². The summed E-state index contributed by atoms with van der Waals surface area (Å²) in [5.41, 5.74) is 11.8. The minimum atomic E-state index is -0.441. The van der Waals surface area contributed by atoms with Gasteiger partial charge in [0.15, 0.2) is 0 Å². The normalized spacial score (nSPS) is 11.7. The summed E-state index contributed by atoms with van der Waals surface area (Å²) in [4.78, 5) is 17.9. The summed E-state index contributed by atoms with van der Waals surface area (Å²) in [6.45, 7) is 0. The predicted octanol–water partition coefficient (Wildman–Crippen LogP) is 5.75. The average Bonchev–Trinajstić information content (AvgIpc) is 2.71. The van der Waals surface area contributed by atoms with Gasteiger partial charge in [-0.15, -0.1) is 0 Å². The third-order valence-electron chi connectivity index (χ3n) is 3.98. The molecule has 7 heteroatoms. The van der Waals surface area contributed by atoms with Crippen LogP contribution in [0.4, 0.5) is 11.4 Å². The number of non-ortho nitro benzene ring substituents is 1. The van der Waals surface area contributed by atoms with E-state index in [1.807, 2.05) is 42.5 Å².